The van der Waals surface area contributed by atoms with Crippen molar-refractivity contribution in [3.63, 3.8) is 0 Å². The summed E-state index contributed by atoms with van der Waals surface area (Å²) in [5.41, 5.74) is 5.78. The molecule has 0 fully saturated rings. The lowest BCUT2D eigenvalue weighted by molar-refractivity contribution is 0.0979. The lowest BCUT2D eigenvalue weighted by Gasteiger charge is -2.10. The summed E-state index contributed by atoms with van der Waals surface area (Å²) >= 11 is 1.62. The SMILES string of the molecule is Cc1nc(C)c(-c2nc3cc(C(=O)CCCCn4ccnc4)ccc3nc2-c2ccccc2)s1. The van der Waals surface area contributed by atoms with E-state index in [1.807, 2.05) is 73.1 Å². The number of thiazole rings is 1. The van der Waals surface area contributed by atoms with Crippen molar-refractivity contribution in [3.05, 3.63) is 83.5 Å². The van der Waals surface area contributed by atoms with Crippen LogP contribution in [-0.4, -0.2) is 30.3 Å². The third-order valence-corrected chi connectivity index (χ3v) is 6.86. The topological polar surface area (TPSA) is 73.6 Å². The van der Waals surface area contributed by atoms with E-state index >= 15 is 0 Å². The Morgan fingerprint density at radius 2 is 1.76 bits per heavy atom. The van der Waals surface area contributed by atoms with Gasteiger partial charge in [-0.25, -0.2) is 19.9 Å². The molecule has 0 spiro atoms. The Morgan fingerprint density at radius 3 is 2.50 bits per heavy atom. The number of ketones is 1. The molecular formula is C27H25N5OS. The van der Waals surface area contributed by atoms with Crippen molar-refractivity contribution in [1.29, 1.82) is 0 Å². The smallest absolute Gasteiger partial charge is 0.162 e. The summed E-state index contributed by atoms with van der Waals surface area (Å²) < 4.78 is 2.03. The molecule has 0 amide bonds. The number of nitrogens with zero attached hydrogens (tertiary/aromatic N) is 5. The molecule has 0 radical (unpaired) electrons. The largest absolute Gasteiger partial charge is 0.337 e. The van der Waals surface area contributed by atoms with Crippen LogP contribution in [0.15, 0.2) is 67.3 Å². The van der Waals surface area contributed by atoms with Crippen molar-refractivity contribution in [1.82, 2.24) is 24.5 Å². The van der Waals surface area contributed by atoms with Gasteiger partial charge in [0, 0.05) is 36.5 Å². The van der Waals surface area contributed by atoms with E-state index in [1.54, 1.807) is 23.9 Å². The monoisotopic (exact) mass is 467 g/mol. The van der Waals surface area contributed by atoms with Crippen LogP contribution in [0.1, 0.15) is 40.3 Å². The number of aryl methyl sites for hydroxylation is 3. The fourth-order valence-electron chi connectivity index (χ4n) is 4.08. The Labute approximate surface area is 202 Å². The van der Waals surface area contributed by atoms with Crippen LogP contribution in [0.4, 0.5) is 0 Å². The minimum atomic E-state index is 0.132. The van der Waals surface area contributed by atoms with Gasteiger partial charge >= 0.3 is 0 Å². The molecule has 0 unspecified atom stereocenters. The van der Waals surface area contributed by atoms with E-state index in [0.717, 1.165) is 62.9 Å². The van der Waals surface area contributed by atoms with Crippen molar-refractivity contribution in [2.45, 2.75) is 39.7 Å². The molecule has 6 nitrogen and oxygen atoms in total. The highest BCUT2D eigenvalue weighted by atomic mass is 32.1. The van der Waals surface area contributed by atoms with Crippen LogP contribution >= 0.6 is 11.3 Å². The van der Waals surface area contributed by atoms with Crippen LogP contribution < -0.4 is 0 Å². The molecule has 2 aromatic carbocycles. The number of imidazole rings is 1. The molecule has 7 heteroatoms. The van der Waals surface area contributed by atoms with Gasteiger partial charge in [-0.05, 0) is 44.9 Å². The molecular weight excluding hydrogens is 442 g/mol. The summed E-state index contributed by atoms with van der Waals surface area (Å²) in [4.78, 5) is 32.5. The van der Waals surface area contributed by atoms with Gasteiger partial charge in [0.2, 0.25) is 0 Å². The number of hydrogen-bond acceptors (Lipinski definition) is 6. The Balaban J connectivity index is 1.46. The van der Waals surface area contributed by atoms with Crippen molar-refractivity contribution in [2.75, 3.05) is 0 Å². The van der Waals surface area contributed by atoms with Gasteiger partial charge in [0.05, 0.1) is 38.6 Å². The van der Waals surface area contributed by atoms with E-state index in [9.17, 15) is 4.79 Å². The first-order valence-corrected chi connectivity index (χ1v) is 12.2. The van der Waals surface area contributed by atoms with Crippen molar-refractivity contribution in [3.8, 4) is 21.8 Å². The molecule has 34 heavy (non-hydrogen) atoms. The maximum absolute atomic E-state index is 12.9. The third-order valence-electron chi connectivity index (χ3n) is 5.78. The summed E-state index contributed by atoms with van der Waals surface area (Å²) in [7, 11) is 0. The number of Topliss-reactive ketones (excluding diaryl/α,β-unsaturated/α-hetero) is 1. The predicted octanol–water partition coefficient (Wildman–Crippen LogP) is 6.29. The highest BCUT2D eigenvalue weighted by Crippen LogP contribution is 2.36. The second kappa shape index (κ2) is 9.65. The Bertz CT molecular complexity index is 1440. The van der Waals surface area contributed by atoms with Crippen LogP contribution in [0.3, 0.4) is 0 Å². The second-order valence-electron chi connectivity index (χ2n) is 8.32. The normalized spacial score (nSPS) is 11.2. The van der Waals surface area contributed by atoms with E-state index in [4.69, 9.17) is 9.97 Å². The first kappa shape index (κ1) is 22.1. The average molecular weight is 468 g/mol. The summed E-state index contributed by atoms with van der Waals surface area (Å²) in [6.07, 6.45) is 7.79. The van der Waals surface area contributed by atoms with Crippen LogP contribution in [0, 0.1) is 13.8 Å². The van der Waals surface area contributed by atoms with Crippen LogP contribution in [0.2, 0.25) is 0 Å². The van der Waals surface area contributed by atoms with E-state index in [0.29, 0.717) is 12.0 Å². The molecule has 0 saturated carbocycles. The predicted molar refractivity (Wildman–Crippen MR) is 136 cm³/mol. The molecule has 0 atom stereocenters. The fourth-order valence-corrected chi connectivity index (χ4v) is 4.99. The van der Waals surface area contributed by atoms with Crippen molar-refractivity contribution >= 4 is 28.2 Å². The van der Waals surface area contributed by atoms with Gasteiger partial charge in [0.1, 0.15) is 5.69 Å². The van der Waals surface area contributed by atoms with Crippen LogP contribution in [0.5, 0.6) is 0 Å². The number of hydrogen-bond donors (Lipinski definition) is 0. The number of carbonyl (C=O) groups is 1. The van der Waals surface area contributed by atoms with Gasteiger partial charge in [-0.1, -0.05) is 30.3 Å². The van der Waals surface area contributed by atoms with E-state index in [1.165, 1.54) is 0 Å². The molecule has 3 heterocycles. The van der Waals surface area contributed by atoms with E-state index in [-0.39, 0.29) is 5.78 Å². The zero-order valence-corrected chi connectivity index (χ0v) is 20.0. The Hall–Kier alpha value is -3.71. The van der Waals surface area contributed by atoms with Gasteiger partial charge < -0.3 is 4.57 Å². The number of unbranched alkanes of at least 4 members (excludes halogenated alkanes) is 1. The maximum atomic E-state index is 12.9. The van der Waals surface area contributed by atoms with Gasteiger partial charge in [-0.3, -0.25) is 4.79 Å². The molecule has 0 saturated heterocycles. The minimum Gasteiger partial charge on any atom is -0.337 e. The molecule has 0 aliphatic rings. The standard InChI is InChI=1S/C27H25N5OS/c1-18-27(34-19(2)29-18)26-25(20-8-4-3-5-9-20)30-22-12-11-21(16-23(22)31-26)24(33)10-6-7-14-32-15-13-28-17-32/h3-5,8-9,11-13,15-17H,6-7,10,14H2,1-2H3. The van der Waals surface area contributed by atoms with Gasteiger partial charge in [0.25, 0.3) is 0 Å². The van der Waals surface area contributed by atoms with Gasteiger partial charge in [-0.2, -0.15) is 0 Å². The second-order valence-corrected chi connectivity index (χ2v) is 9.52. The van der Waals surface area contributed by atoms with Crippen molar-refractivity contribution < 1.29 is 4.79 Å². The highest BCUT2D eigenvalue weighted by molar-refractivity contribution is 7.15. The lowest BCUT2D eigenvalue weighted by Crippen LogP contribution is -2.02. The zero-order valence-electron chi connectivity index (χ0n) is 19.2. The summed E-state index contributed by atoms with van der Waals surface area (Å²) in [6.45, 7) is 4.88. The summed E-state index contributed by atoms with van der Waals surface area (Å²) in [6, 6.07) is 15.7. The molecule has 5 rings (SSSR count). The average Bonchev–Trinajstić information content (AvgIpc) is 3.50. The van der Waals surface area contributed by atoms with E-state index < -0.39 is 0 Å². The molecule has 0 bridgehead atoms. The molecule has 5 aromatic rings. The van der Waals surface area contributed by atoms with Gasteiger partial charge in [-0.15, -0.1) is 11.3 Å². The first-order valence-electron chi connectivity index (χ1n) is 11.4. The number of carbonyl (C=O) groups excluding carboxylic acids is 1. The summed E-state index contributed by atoms with van der Waals surface area (Å²) in [5.74, 6) is 0.132. The molecule has 3 aromatic heterocycles. The maximum Gasteiger partial charge on any atom is 0.162 e. The lowest BCUT2D eigenvalue weighted by atomic mass is 10.0. The Kier molecular flexibility index (Phi) is 6.27. The number of benzene rings is 2. The van der Waals surface area contributed by atoms with Gasteiger partial charge in [0.15, 0.2) is 5.78 Å². The first-order chi connectivity index (χ1) is 16.6. The molecule has 0 aliphatic carbocycles. The number of aromatic nitrogens is 5. The number of rotatable bonds is 8. The molecule has 0 aliphatic heterocycles. The minimum absolute atomic E-state index is 0.132. The third kappa shape index (κ3) is 4.65. The van der Waals surface area contributed by atoms with Crippen molar-refractivity contribution in [2.24, 2.45) is 0 Å². The quantitative estimate of drug-likeness (QED) is 0.198. The molecule has 170 valence electrons. The Morgan fingerprint density at radius 1 is 0.941 bits per heavy atom. The highest BCUT2D eigenvalue weighted by Gasteiger charge is 2.18. The van der Waals surface area contributed by atoms with Crippen LogP contribution in [-0.2, 0) is 6.54 Å². The molecule has 0 N–H and O–H groups in total. The zero-order chi connectivity index (χ0) is 23.5. The van der Waals surface area contributed by atoms with Crippen LogP contribution in [0.25, 0.3) is 32.9 Å². The summed E-state index contributed by atoms with van der Waals surface area (Å²) in [5, 5.41) is 0.994. The van der Waals surface area contributed by atoms with E-state index in [2.05, 4.69) is 9.97 Å². The fraction of sp³-hybridized carbons (Fsp3) is 0.222. The number of fused-ring (bicyclic) bond motifs is 1.